The van der Waals surface area contributed by atoms with Crippen molar-refractivity contribution in [3.05, 3.63) is 0 Å². The fourth-order valence-electron chi connectivity index (χ4n) is 1.34. The minimum atomic E-state index is -3.20. The summed E-state index contributed by atoms with van der Waals surface area (Å²) in [5, 5.41) is 0. The minimum absolute atomic E-state index is 0.0552. The Hall–Kier alpha value is -0.180. The van der Waals surface area contributed by atoms with Crippen molar-refractivity contribution in [2.24, 2.45) is 0 Å². The molecule has 0 bridgehead atoms. The highest BCUT2D eigenvalue weighted by molar-refractivity contribution is 7.91. The van der Waals surface area contributed by atoms with Crippen LogP contribution in [0.2, 0.25) is 0 Å². The summed E-state index contributed by atoms with van der Waals surface area (Å²) in [6, 6.07) is 0. The predicted octanol–water partition coefficient (Wildman–Crippen LogP) is -1.18. The molecule has 1 rings (SSSR count). The van der Waals surface area contributed by atoms with Gasteiger partial charge in [-0.3, -0.25) is 0 Å². The van der Waals surface area contributed by atoms with Gasteiger partial charge in [0.25, 0.3) is 0 Å². The van der Waals surface area contributed by atoms with E-state index in [1.165, 1.54) is 0 Å². The Labute approximate surface area is 89.4 Å². The van der Waals surface area contributed by atoms with Gasteiger partial charge in [-0.05, 0) is 0 Å². The van der Waals surface area contributed by atoms with Crippen molar-refractivity contribution in [3.63, 3.8) is 0 Å². The van der Waals surface area contributed by atoms with Crippen molar-refractivity contribution in [1.29, 1.82) is 0 Å². The summed E-state index contributed by atoms with van der Waals surface area (Å²) in [6.07, 6.45) is 0.780. The Kier molecular flexibility index (Phi) is 3.75. The summed E-state index contributed by atoms with van der Waals surface area (Å²) in [7, 11) is -6.39. The second kappa shape index (κ2) is 4.36. The van der Waals surface area contributed by atoms with Crippen molar-refractivity contribution < 1.29 is 26.3 Å². The fraction of sp³-hybridized carbons (Fsp3) is 1.00. The topological polar surface area (TPSA) is 86.7 Å². The second-order valence-electron chi connectivity index (χ2n) is 3.71. The molecule has 0 aromatic heterocycles. The number of ether oxygens (including phenoxy) is 2. The van der Waals surface area contributed by atoms with E-state index in [0.29, 0.717) is 0 Å². The van der Waals surface area contributed by atoms with E-state index in [4.69, 9.17) is 9.47 Å². The van der Waals surface area contributed by atoms with Crippen molar-refractivity contribution in [3.8, 4) is 0 Å². The first-order valence-electron chi connectivity index (χ1n) is 4.26. The lowest BCUT2D eigenvalue weighted by Crippen LogP contribution is -2.35. The van der Waals surface area contributed by atoms with Gasteiger partial charge in [0.05, 0.1) is 11.5 Å². The number of rotatable bonds is 4. The summed E-state index contributed by atoms with van der Waals surface area (Å²) in [5.74, 6) is -0.430. The molecule has 1 saturated heterocycles. The first-order chi connectivity index (χ1) is 6.67. The van der Waals surface area contributed by atoms with Gasteiger partial charge in [-0.2, -0.15) is 0 Å². The average Bonchev–Trinajstić information content (AvgIpc) is 2.29. The van der Waals surface area contributed by atoms with Crippen LogP contribution < -0.4 is 0 Å². The second-order valence-corrected chi connectivity index (χ2v) is 8.08. The highest BCUT2D eigenvalue weighted by Gasteiger charge is 2.34. The molecular formula is C7H14O6S2. The van der Waals surface area contributed by atoms with Crippen LogP contribution in [0.4, 0.5) is 0 Å². The van der Waals surface area contributed by atoms with Crippen LogP contribution in [-0.4, -0.2) is 59.9 Å². The zero-order chi connectivity index (χ0) is 11.7. The molecule has 0 aromatic rings. The van der Waals surface area contributed by atoms with E-state index < -0.39 is 31.9 Å². The lowest BCUT2D eigenvalue weighted by Gasteiger charge is -2.14. The lowest BCUT2D eigenvalue weighted by molar-refractivity contribution is 0.0441. The molecule has 1 heterocycles. The lowest BCUT2D eigenvalue weighted by atomic mass is 10.3. The quantitative estimate of drug-likeness (QED) is 0.630. The number of hydrogen-bond acceptors (Lipinski definition) is 6. The monoisotopic (exact) mass is 258 g/mol. The van der Waals surface area contributed by atoms with Gasteiger partial charge < -0.3 is 9.47 Å². The third-order valence-electron chi connectivity index (χ3n) is 1.91. The Bertz CT molecular complexity index is 369. The highest BCUT2D eigenvalue weighted by Crippen LogP contribution is 2.16. The first kappa shape index (κ1) is 12.9. The van der Waals surface area contributed by atoms with Crippen LogP contribution in [0.25, 0.3) is 0 Å². The number of hydrogen-bond donors (Lipinski definition) is 0. The third kappa shape index (κ3) is 4.92. The molecule has 2 unspecified atom stereocenters. The molecule has 1 aliphatic rings. The van der Waals surface area contributed by atoms with Crippen LogP contribution in [0.3, 0.4) is 0 Å². The zero-order valence-corrected chi connectivity index (χ0v) is 10.2. The highest BCUT2D eigenvalue weighted by atomic mass is 32.2. The first-order valence-corrected chi connectivity index (χ1v) is 8.38. The molecule has 2 atom stereocenters. The van der Waals surface area contributed by atoms with Gasteiger partial charge in [0.15, 0.2) is 0 Å². The molecule has 0 aliphatic carbocycles. The maximum Gasteiger partial charge on any atom is 0.150 e. The van der Waals surface area contributed by atoms with Gasteiger partial charge in [0.1, 0.15) is 38.7 Å². The van der Waals surface area contributed by atoms with Gasteiger partial charge in [0.2, 0.25) is 0 Å². The zero-order valence-electron chi connectivity index (χ0n) is 8.54. The van der Waals surface area contributed by atoms with Crippen molar-refractivity contribution in [1.82, 2.24) is 0 Å². The van der Waals surface area contributed by atoms with Gasteiger partial charge in [-0.1, -0.05) is 0 Å². The van der Waals surface area contributed by atoms with E-state index in [9.17, 15) is 16.8 Å². The summed E-state index contributed by atoms with van der Waals surface area (Å²) in [4.78, 5) is 0. The predicted molar refractivity (Wildman–Crippen MR) is 54.0 cm³/mol. The van der Waals surface area contributed by atoms with Crippen LogP contribution in [0, 0.1) is 0 Å². The molecule has 0 radical (unpaired) electrons. The van der Waals surface area contributed by atoms with Gasteiger partial charge >= 0.3 is 0 Å². The molecule has 6 nitrogen and oxygen atoms in total. The smallest absolute Gasteiger partial charge is 0.150 e. The molecule has 1 aliphatic heterocycles. The van der Waals surface area contributed by atoms with Crippen LogP contribution in [0.15, 0.2) is 0 Å². The Morgan fingerprint density at radius 1 is 0.933 bits per heavy atom. The molecule has 15 heavy (non-hydrogen) atoms. The standard InChI is InChI=1S/C7H14O6S2/c1-14(8,9)3-6-7(13-5-12-6)4-15(2,10)11/h6-7H,3-5H2,1-2H3. The maximum absolute atomic E-state index is 11.0. The van der Waals surface area contributed by atoms with Crippen molar-refractivity contribution in [2.45, 2.75) is 12.2 Å². The summed E-state index contributed by atoms with van der Waals surface area (Å²) < 4.78 is 54.1. The molecular weight excluding hydrogens is 244 g/mol. The minimum Gasteiger partial charge on any atom is -0.348 e. The Morgan fingerprint density at radius 2 is 1.27 bits per heavy atom. The Balaban J connectivity index is 2.66. The molecule has 0 N–H and O–H groups in total. The van der Waals surface area contributed by atoms with Crippen molar-refractivity contribution >= 4 is 19.7 Å². The van der Waals surface area contributed by atoms with Gasteiger partial charge in [-0.15, -0.1) is 0 Å². The largest absolute Gasteiger partial charge is 0.348 e. The van der Waals surface area contributed by atoms with E-state index in [-0.39, 0.29) is 18.3 Å². The third-order valence-corrected chi connectivity index (χ3v) is 3.78. The molecule has 0 aromatic carbocycles. The summed E-state index contributed by atoms with van der Waals surface area (Å²) >= 11 is 0. The van der Waals surface area contributed by atoms with Gasteiger partial charge in [0, 0.05) is 12.5 Å². The van der Waals surface area contributed by atoms with E-state index in [1.54, 1.807) is 0 Å². The van der Waals surface area contributed by atoms with E-state index >= 15 is 0 Å². The van der Waals surface area contributed by atoms with Crippen LogP contribution >= 0.6 is 0 Å². The van der Waals surface area contributed by atoms with Crippen LogP contribution in [-0.2, 0) is 29.1 Å². The Morgan fingerprint density at radius 3 is 1.53 bits per heavy atom. The molecule has 90 valence electrons. The normalized spacial score (nSPS) is 28.1. The fourth-order valence-corrected chi connectivity index (χ4v) is 3.15. The van der Waals surface area contributed by atoms with E-state index in [1.807, 2.05) is 0 Å². The van der Waals surface area contributed by atoms with E-state index in [0.717, 1.165) is 12.5 Å². The van der Waals surface area contributed by atoms with Crippen molar-refractivity contribution in [2.75, 3.05) is 30.8 Å². The van der Waals surface area contributed by atoms with Gasteiger partial charge in [-0.25, -0.2) is 16.8 Å². The number of sulfone groups is 2. The summed E-state index contributed by atoms with van der Waals surface area (Å²) in [5.41, 5.74) is 0. The van der Waals surface area contributed by atoms with E-state index in [2.05, 4.69) is 0 Å². The SMILES string of the molecule is CS(=O)(=O)CC1OCOC1CS(C)(=O)=O. The molecule has 0 spiro atoms. The molecule has 1 fully saturated rings. The molecule has 0 amide bonds. The molecule has 0 saturated carbocycles. The summed E-state index contributed by atoms with van der Waals surface area (Å²) in [6.45, 7) is -0.0552. The maximum atomic E-state index is 11.0. The molecule has 8 heteroatoms. The van der Waals surface area contributed by atoms with Crippen LogP contribution in [0.5, 0.6) is 0 Å². The van der Waals surface area contributed by atoms with Crippen LogP contribution in [0.1, 0.15) is 0 Å². The average molecular weight is 258 g/mol.